The predicted molar refractivity (Wildman–Crippen MR) is 61.9 cm³/mol. The van der Waals surface area contributed by atoms with E-state index in [0.29, 0.717) is 5.88 Å². The fourth-order valence-electron chi connectivity index (χ4n) is 2.59. The van der Waals surface area contributed by atoms with Crippen LogP contribution in [0.1, 0.15) is 37.7 Å². The van der Waals surface area contributed by atoms with Gasteiger partial charge >= 0.3 is 0 Å². The van der Waals surface area contributed by atoms with E-state index in [2.05, 4.69) is 0 Å². The molecule has 0 aromatic heterocycles. The molecule has 1 aromatic carbocycles. The maximum atomic E-state index is 13.7. The number of rotatable bonds is 2. The van der Waals surface area contributed by atoms with Crippen molar-refractivity contribution in [3.63, 3.8) is 0 Å². The lowest BCUT2D eigenvalue weighted by Crippen LogP contribution is -2.32. The summed E-state index contributed by atoms with van der Waals surface area (Å²) < 4.78 is 13.7. The molecular weight excluding hydrogens is 211 g/mol. The van der Waals surface area contributed by atoms with Gasteiger partial charge in [0.25, 0.3) is 0 Å². The molecule has 0 nitrogen and oxygen atoms in total. The first kappa shape index (κ1) is 10.9. The topological polar surface area (TPSA) is 0 Å². The fraction of sp³-hybridized carbons (Fsp3) is 0.538. The molecule has 0 radical (unpaired) electrons. The molecule has 0 atom stereocenters. The van der Waals surface area contributed by atoms with Crippen LogP contribution in [0.2, 0.25) is 0 Å². The van der Waals surface area contributed by atoms with E-state index in [4.69, 9.17) is 11.6 Å². The lowest BCUT2D eigenvalue weighted by molar-refractivity contribution is 0.314. The Hall–Kier alpha value is -0.560. The number of hydrogen-bond donors (Lipinski definition) is 0. The Morgan fingerprint density at radius 3 is 2.40 bits per heavy atom. The quantitative estimate of drug-likeness (QED) is 0.661. The lowest BCUT2D eigenvalue weighted by atomic mass is 9.70. The van der Waals surface area contributed by atoms with Gasteiger partial charge in [0, 0.05) is 11.3 Å². The van der Waals surface area contributed by atoms with Crippen LogP contribution in [0, 0.1) is 5.82 Å². The van der Waals surface area contributed by atoms with Crippen LogP contribution in [0.5, 0.6) is 0 Å². The molecule has 1 aliphatic rings. The zero-order valence-electron chi connectivity index (χ0n) is 8.81. The van der Waals surface area contributed by atoms with Crippen LogP contribution < -0.4 is 0 Å². The second kappa shape index (κ2) is 4.52. The van der Waals surface area contributed by atoms with E-state index in [1.807, 2.05) is 12.1 Å². The third kappa shape index (κ3) is 2.03. The van der Waals surface area contributed by atoms with Crippen molar-refractivity contribution < 1.29 is 4.39 Å². The van der Waals surface area contributed by atoms with Crippen LogP contribution in [-0.2, 0) is 5.41 Å². The summed E-state index contributed by atoms with van der Waals surface area (Å²) in [5, 5.41) is 0. The summed E-state index contributed by atoms with van der Waals surface area (Å²) in [5.74, 6) is 0.438. The van der Waals surface area contributed by atoms with Gasteiger partial charge in [0.05, 0.1) is 0 Å². The molecule has 2 heteroatoms. The molecule has 0 aliphatic heterocycles. The van der Waals surface area contributed by atoms with Crippen molar-refractivity contribution in [2.45, 2.75) is 37.5 Å². The predicted octanol–water partition coefficient (Wildman–Crippen LogP) is 4.27. The third-order valence-electron chi connectivity index (χ3n) is 3.51. The summed E-state index contributed by atoms with van der Waals surface area (Å²) in [4.78, 5) is 0. The van der Waals surface area contributed by atoms with E-state index >= 15 is 0 Å². The minimum absolute atomic E-state index is 0.0972. The Bertz CT molecular complexity index is 329. The first-order chi connectivity index (χ1) is 7.28. The number of halogens is 2. The molecule has 1 saturated carbocycles. The zero-order chi connectivity index (χ0) is 10.7. The molecule has 0 bridgehead atoms. The van der Waals surface area contributed by atoms with Crippen LogP contribution in [0.15, 0.2) is 24.3 Å². The van der Waals surface area contributed by atoms with Gasteiger partial charge in [-0.1, -0.05) is 37.5 Å². The summed E-state index contributed by atoms with van der Waals surface area (Å²) in [6.45, 7) is 0. The van der Waals surface area contributed by atoms with E-state index in [1.54, 1.807) is 6.07 Å². The summed E-state index contributed by atoms with van der Waals surface area (Å²) in [7, 11) is 0. The molecule has 15 heavy (non-hydrogen) atoms. The van der Waals surface area contributed by atoms with Crippen molar-refractivity contribution in [3.05, 3.63) is 35.6 Å². The average Bonchev–Trinajstić information content (AvgIpc) is 2.30. The van der Waals surface area contributed by atoms with Crippen molar-refractivity contribution >= 4 is 11.6 Å². The van der Waals surface area contributed by atoms with Crippen LogP contribution in [0.4, 0.5) is 4.39 Å². The second-order valence-corrected chi connectivity index (χ2v) is 4.72. The highest BCUT2D eigenvalue weighted by atomic mass is 35.5. The molecule has 0 heterocycles. The van der Waals surface area contributed by atoms with Gasteiger partial charge in [-0.2, -0.15) is 0 Å². The van der Waals surface area contributed by atoms with Gasteiger partial charge in [-0.15, -0.1) is 11.6 Å². The van der Waals surface area contributed by atoms with Crippen LogP contribution in [0.3, 0.4) is 0 Å². The third-order valence-corrected chi connectivity index (χ3v) is 4.02. The molecule has 0 N–H and O–H groups in total. The van der Waals surface area contributed by atoms with E-state index < -0.39 is 0 Å². The number of hydrogen-bond acceptors (Lipinski definition) is 0. The summed E-state index contributed by atoms with van der Waals surface area (Å²) in [6.07, 6.45) is 5.64. The van der Waals surface area contributed by atoms with Gasteiger partial charge in [-0.3, -0.25) is 0 Å². The highest BCUT2D eigenvalue weighted by Gasteiger charge is 2.34. The fourth-order valence-corrected chi connectivity index (χ4v) is 3.01. The molecule has 2 rings (SSSR count). The first-order valence-corrected chi connectivity index (χ1v) is 6.13. The zero-order valence-corrected chi connectivity index (χ0v) is 9.56. The number of benzene rings is 1. The Balaban J connectivity index is 2.36. The second-order valence-electron chi connectivity index (χ2n) is 4.45. The largest absolute Gasteiger partial charge is 0.207 e. The molecule has 1 fully saturated rings. The van der Waals surface area contributed by atoms with Crippen molar-refractivity contribution in [1.82, 2.24) is 0 Å². The van der Waals surface area contributed by atoms with E-state index in [9.17, 15) is 4.39 Å². The minimum Gasteiger partial charge on any atom is -0.207 e. The van der Waals surface area contributed by atoms with Gasteiger partial charge < -0.3 is 0 Å². The SMILES string of the molecule is Fc1ccccc1C1(CCl)CCCCC1. The van der Waals surface area contributed by atoms with E-state index in [1.165, 1.54) is 25.3 Å². The molecule has 0 saturated heterocycles. The van der Waals surface area contributed by atoms with E-state index in [0.717, 1.165) is 18.4 Å². The Morgan fingerprint density at radius 2 is 1.80 bits per heavy atom. The summed E-state index contributed by atoms with van der Waals surface area (Å²) in [5.41, 5.74) is 0.713. The Morgan fingerprint density at radius 1 is 1.13 bits per heavy atom. The van der Waals surface area contributed by atoms with Crippen molar-refractivity contribution in [3.8, 4) is 0 Å². The summed E-state index contributed by atoms with van der Waals surface area (Å²) >= 11 is 6.08. The highest BCUT2D eigenvalue weighted by Crippen LogP contribution is 2.41. The Kier molecular flexibility index (Phi) is 3.30. The highest BCUT2D eigenvalue weighted by molar-refractivity contribution is 6.18. The maximum absolute atomic E-state index is 13.7. The molecule has 0 amide bonds. The Labute approximate surface area is 95.4 Å². The van der Waals surface area contributed by atoms with Crippen molar-refractivity contribution in [2.75, 3.05) is 5.88 Å². The van der Waals surface area contributed by atoms with Crippen LogP contribution >= 0.6 is 11.6 Å². The average molecular weight is 227 g/mol. The van der Waals surface area contributed by atoms with Gasteiger partial charge in [0.2, 0.25) is 0 Å². The van der Waals surface area contributed by atoms with Gasteiger partial charge in [0.1, 0.15) is 5.82 Å². The van der Waals surface area contributed by atoms with Gasteiger partial charge in [0.15, 0.2) is 0 Å². The smallest absolute Gasteiger partial charge is 0.127 e. The summed E-state index contributed by atoms with van der Waals surface area (Å²) in [6, 6.07) is 7.08. The normalized spacial score (nSPS) is 20.1. The lowest BCUT2D eigenvalue weighted by Gasteiger charge is -2.36. The first-order valence-electron chi connectivity index (χ1n) is 5.59. The van der Waals surface area contributed by atoms with Crippen molar-refractivity contribution in [1.29, 1.82) is 0 Å². The standard InChI is InChI=1S/C13H16ClF/c14-10-13(8-4-1-5-9-13)11-6-2-3-7-12(11)15/h2-3,6-7H,1,4-5,8-10H2. The molecule has 82 valence electrons. The molecule has 1 aliphatic carbocycles. The molecular formula is C13H16ClF. The molecule has 1 aromatic rings. The molecule has 0 spiro atoms. The number of alkyl halides is 1. The van der Waals surface area contributed by atoms with Crippen molar-refractivity contribution in [2.24, 2.45) is 0 Å². The van der Waals surface area contributed by atoms with Gasteiger partial charge in [-0.25, -0.2) is 4.39 Å². The molecule has 0 unspecified atom stereocenters. The maximum Gasteiger partial charge on any atom is 0.127 e. The van der Waals surface area contributed by atoms with E-state index in [-0.39, 0.29) is 11.2 Å². The van der Waals surface area contributed by atoms with Gasteiger partial charge in [-0.05, 0) is 24.5 Å². The van der Waals surface area contributed by atoms with Crippen LogP contribution in [-0.4, -0.2) is 5.88 Å². The monoisotopic (exact) mass is 226 g/mol. The minimum atomic E-state index is -0.106. The van der Waals surface area contributed by atoms with Crippen LogP contribution in [0.25, 0.3) is 0 Å².